The molecule has 0 radical (unpaired) electrons. The lowest BCUT2D eigenvalue weighted by Gasteiger charge is -2.27. The second-order valence-corrected chi connectivity index (χ2v) is 6.69. The third kappa shape index (κ3) is 6.40. The lowest BCUT2D eigenvalue weighted by molar-refractivity contribution is -0.145. The van der Waals surface area contributed by atoms with E-state index < -0.39 is 11.8 Å². The molecule has 2 unspecified atom stereocenters. The molecule has 9 heteroatoms. The standard InChI is InChI=1S/C17H27N3O6/c1-13(8-9-21)24-12-17(2,3)25-11-10-23-16(22)26-20-15-7-5-4-6-14(15)18-19-20/h4-7,13-15,21H,8-12H2,1-3H3/t13?,14?,15-/m1/s1. The van der Waals surface area contributed by atoms with Gasteiger partial charge in [-0.15, -0.1) is 0 Å². The van der Waals surface area contributed by atoms with Crippen LogP contribution in [0.4, 0.5) is 4.79 Å². The van der Waals surface area contributed by atoms with Crippen LogP contribution in [0.3, 0.4) is 0 Å². The first-order valence-electron chi connectivity index (χ1n) is 8.67. The summed E-state index contributed by atoms with van der Waals surface area (Å²) in [5, 5.41) is 17.8. The van der Waals surface area contributed by atoms with Gasteiger partial charge < -0.3 is 19.3 Å². The van der Waals surface area contributed by atoms with Crippen LogP contribution in [0.25, 0.3) is 0 Å². The van der Waals surface area contributed by atoms with Crippen LogP contribution in [0.1, 0.15) is 27.2 Å². The van der Waals surface area contributed by atoms with Gasteiger partial charge in [0.15, 0.2) is 0 Å². The molecule has 0 saturated heterocycles. The summed E-state index contributed by atoms with van der Waals surface area (Å²) < 4.78 is 16.3. The van der Waals surface area contributed by atoms with Gasteiger partial charge in [0.25, 0.3) is 0 Å². The lowest BCUT2D eigenvalue weighted by atomic mass is 10.1. The van der Waals surface area contributed by atoms with Crippen LogP contribution in [-0.4, -0.2) is 66.7 Å². The highest BCUT2D eigenvalue weighted by Gasteiger charge is 2.33. The van der Waals surface area contributed by atoms with Gasteiger partial charge in [0.1, 0.15) is 18.7 Å². The van der Waals surface area contributed by atoms with E-state index in [0.717, 1.165) is 5.17 Å². The summed E-state index contributed by atoms with van der Waals surface area (Å²) in [5.41, 5.74) is -0.535. The smallest absolute Gasteiger partial charge is 0.430 e. The van der Waals surface area contributed by atoms with Crippen molar-refractivity contribution in [2.24, 2.45) is 10.3 Å². The second kappa shape index (κ2) is 9.65. The Balaban J connectivity index is 1.60. The van der Waals surface area contributed by atoms with Crippen LogP contribution in [0.5, 0.6) is 0 Å². The number of allylic oxidation sites excluding steroid dienone is 2. The van der Waals surface area contributed by atoms with E-state index >= 15 is 0 Å². The molecule has 0 fully saturated rings. The number of fused-ring (bicyclic) bond motifs is 1. The normalized spacial score (nSPS) is 22.4. The third-order valence-corrected chi connectivity index (χ3v) is 3.82. The van der Waals surface area contributed by atoms with Crippen molar-refractivity contribution in [3.8, 4) is 0 Å². The van der Waals surface area contributed by atoms with Crippen LogP contribution < -0.4 is 0 Å². The minimum absolute atomic E-state index is 0.0449. The number of hydrogen-bond acceptors (Lipinski definition) is 9. The topological polar surface area (TPSA) is 102 Å². The van der Waals surface area contributed by atoms with Crippen LogP contribution in [-0.2, 0) is 19.0 Å². The Morgan fingerprint density at radius 1 is 1.31 bits per heavy atom. The zero-order valence-electron chi connectivity index (χ0n) is 15.4. The first-order chi connectivity index (χ1) is 12.4. The molecule has 26 heavy (non-hydrogen) atoms. The number of aliphatic hydroxyl groups is 1. The van der Waals surface area contributed by atoms with Crippen LogP contribution in [0.2, 0.25) is 0 Å². The molecule has 1 aliphatic carbocycles. The van der Waals surface area contributed by atoms with Crippen LogP contribution >= 0.6 is 0 Å². The van der Waals surface area contributed by atoms with Gasteiger partial charge in [-0.05, 0) is 32.4 Å². The molecule has 2 aliphatic rings. The zero-order chi connectivity index (χ0) is 19.0. The Morgan fingerprint density at radius 3 is 2.85 bits per heavy atom. The van der Waals surface area contributed by atoms with E-state index in [4.69, 9.17) is 24.2 Å². The molecule has 0 aromatic carbocycles. The molecule has 3 atom stereocenters. The van der Waals surface area contributed by atoms with Crippen molar-refractivity contribution in [3.05, 3.63) is 24.3 Å². The van der Waals surface area contributed by atoms with Crippen LogP contribution in [0, 0.1) is 0 Å². The van der Waals surface area contributed by atoms with Gasteiger partial charge in [-0.25, -0.2) is 4.79 Å². The van der Waals surface area contributed by atoms with Crippen molar-refractivity contribution in [2.75, 3.05) is 26.4 Å². The number of rotatable bonds is 10. The number of hydroxylamine groups is 1. The average molecular weight is 369 g/mol. The summed E-state index contributed by atoms with van der Waals surface area (Å²) in [4.78, 5) is 16.8. The SMILES string of the molecule is CC(CCO)OCC(C)(C)OCCOC(=O)ON1N=NC2C=CC=C[C@H]21. The molecular formula is C17H27N3O6. The fraction of sp³-hybridized carbons (Fsp3) is 0.706. The third-order valence-electron chi connectivity index (χ3n) is 3.82. The number of ether oxygens (including phenoxy) is 3. The summed E-state index contributed by atoms with van der Waals surface area (Å²) in [7, 11) is 0. The summed E-state index contributed by atoms with van der Waals surface area (Å²) >= 11 is 0. The van der Waals surface area contributed by atoms with Crippen molar-refractivity contribution in [1.82, 2.24) is 5.17 Å². The molecule has 0 spiro atoms. The van der Waals surface area contributed by atoms with Gasteiger partial charge in [0, 0.05) is 6.61 Å². The van der Waals surface area contributed by atoms with Crippen molar-refractivity contribution in [2.45, 2.75) is 51.0 Å². The van der Waals surface area contributed by atoms with Crippen molar-refractivity contribution in [1.29, 1.82) is 0 Å². The first-order valence-corrected chi connectivity index (χ1v) is 8.67. The summed E-state index contributed by atoms with van der Waals surface area (Å²) in [6.45, 7) is 6.36. The van der Waals surface area contributed by atoms with Crippen molar-refractivity contribution in [3.63, 3.8) is 0 Å². The Hall–Kier alpha value is -1.97. The molecule has 0 aromatic heterocycles. The number of aliphatic hydroxyl groups excluding tert-OH is 1. The highest BCUT2D eigenvalue weighted by molar-refractivity contribution is 5.59. The first kappa shape index (κ1) is 20.3. The maximum absolute atomic E-state index is 11.8. The van der Waals surface area contributed by atoms with E-state index in [1.54, 1.807) is 0 Å². The molecule has 1 heterocycles. The minimum atomic E-state index is -0.859. The molecule has 0 bridgehead atoms. The largest absolute Gasteiger partial charge is 0.534 e. The monoisotopic (exact) mass is 369 g/mol. The summed E-state index contributed by atoms with van der Waals surface area (Å²) in [6.07, 6.45) is 7.11. The lowest BCUT2D eigenvalue weighted by Crippen LogP contribution is -2.36. The van der Waals surface area contributed by atoms with E-state index in [2.05, 4.69) is 10.3 Å². The Bertz CT molecular complexity index is 549. The number of hydrogen-bond donors (Lipinski definition) is 1. The predicted molar refractivity (Wildman–Crippen MR) is 92.1 cm³/mol. The van der Waals surface area contributed by atoms with Gasteiger partial charge in [-0.1, -0.05) is 29.5 Å². The number of carbonyl (C=O) groups is 1. The molecule has 9 nitrogen and oxygen atoms in total. The molecule has 0 saturated carbocycles. The van der Waals surface area contributed by atoms with E-state index in [-0.39, 0.29) is 38.0 Å². The molecule has 146 valence electrons. The van der Waals surface area contributed by atoms with Gasteiger partial charge in [-0.3, -0.25) is 4.84 Å². The van der Waals surface area contributed by atoms with E-state index in [1.165, 1.54) is 0 Å². The molecule has 0 amide bonds. The predicted octanol–water partition coefficient (Wildman–Crippen LogP) is 2.18. The molecule has 0 aromatic rings. The maximum atomic E-state index is 11.8. The van der Waals surface area contributed by atoms with E-state index in [0.29, 0.717) is 13.0 Å². The van der Waals surface area contributed by atoms with Crippen molar-refractivity contribution < 1.29 is 28.9 Å². The Kier molecular flexibility index (Phi) is 7.55. The van der Waals surface area contributed by atoms with Crippen LogP contribution in [0.15, 0.2) is 34.6 Å². The fourth-order valence-corrected chi connectivity index (χ4v) is 2.34. The van der Waals surface area contributed by atoms with Crippen molar-refractivity contribution >= 4 is 6.16 Å². The zero-order valence-corrected chi connectivity index (χ0v) is 15.4. The Labute approximate surface area is 153 Å². The van der Waals surface area contributed by atoms with Gasteiger partial charge in [-0.2, -0.15) is 5.11 Å². The molecule has 1 N–H and O–H groups in total. The summed E-state index contributed by atoms with van der Waals surface area (Å²) in [5.74, 6) is 0. The molecule has 1 aliphatic heterocycles. The highest BCUT2D eigenvalue weighted by atomic mass is 16.8. The number of carbonyl (C=O) groups excluding carboxylic acids is 1. The average Bonchev–Trinajstić information content (AvgIpc) is 3.01. The van der Waals surface area contributed by atoms with E-state index in [1.807, 2.05) is 45.1 Å². The maximum Gasteiger partial charge on any atom is 0.534 e. The van der Waals surface area contributed by atoms with Gasteiger partial charge >= 0.3 is 6.16 Å². The molecule has 2 rings (SSSR count). The molecular weight excluding hydrogens is 342 g/mol. The summed E-state index contributed by atoms with van der Waals surface area (Å²) in [6, 6.07) is -0.383. The second-order valence-electron chi connectivity index (χ2n) is 6.69. The quantitative estimate of drug-likeness (QED) is 0.465. The van der Waals surface area contributed by atoms with Gasteiger partial charge in [0.05, 0.1) is 24.9 Å². The fourth-order valence-electron chi connectivity index (χ4n) is 2.34. The highest BCUT2D eigenvalue weighted by Crippen LogP contribution is 2.23. The van der Waals surface area contributed by atoms with E-state index in [9.17, 15) is 4.79 Å². The minimum Gasteiger partial charge on any atom is -0.430 e. The Morgan fingerprint density at radius 2 is 2.08 bits per heavy atom. The van der Waals surface area contributed by atoms with Gasteiger partial charge in [0.2, 0.25) is 0 Å². The number of nitrogens with zero attached hydrogens (tertiary/aromatic N) is 3.